The molecule has 80 valence electrons. The molecule has 0 saturated carbocycles. The summed E-state index contributed by atoms with van der Waals surface area (Å²) in [5.74, 6) is -2.06. The van der Waals surface area contributed by atoms with E-state index in [1.165, 1.54) is 6.08 Å². The van der Waals surface area contributed by atoms with Crippen LogP contribution in [0.15, 0.2) is 43.0 Å². The van der Waals surface area contributed by atoms with Gasteiger partial charge in [-0.25, -0.2) is 0 Å². The Balaban J connectivity index is 2.93. The minimum Gasteiger partial charge on any atom is -0.269 e. The summed E-state index contributed by atoms with van der Waals surface area (Å²) in [5.41, 5.74) is 0.572. The first-order valence-corrected chi connectivity index (χ1v) is 4.48. The molecule has 0 saturated heterocycles. The molecule has 1 amide bonds. The zero-order chi connectivity index (χ0) is 11.3. The SMILES string of the molecule is C=CCC(C(=O)N(F)F)c1ccccc1. The van der Waals surface area contributed by atoms with Crippen LogP contribution in [0.2, 0.25) is 0 Å². The molecule has 0 aliphatic carbocycles. The van der Waals surface area contributed by atoms with Crippen LogP contribution in [0.5, 0.6) is 0 Å². The van der Waals surface area contributed by atoms with Crippen LogP contribution in [0, 0.1) is 0 Å². The lowest BCUT2D eigenvalue weighted by Crippen LogP contribution is -2.22. The van der Waals surface area contributed by atoms with Gasteiger partial charge in [-0.05, 0) is 17.3 Å². The molecule has 0 bridgehead atoms. The highest BCUT2D eigenvalue weighted by molar-refractivity contribution is 5.82. The Morgan fingerprint density at radius 3 is 2.47 bits per heavy atom. The molecule has 1 aromatic carbocycles. The van der Waals surface area contributed by atoms with Gasteiger partial charge in [-0.3, -0.25) is 4.79 Å². The summed E-state index contributed by atoms with van der Waals surface area (Å²) in [4.78, 5) is 11.2. The maximum absolute atomic E-state index is 12.1. The predicted molar refractivity (Wildman–Crippen MR) is 53.1 cm³/mol. The molecule has 15 heavy (non-hydrogen) atoms. The van der Waals surface area contributed by atoms with Crippen LogP contribution in [0.4, 0.5) is 8.96 Å². The van der Waals surface area contributed by atoms with E-state index in [1.807, 2.05) is 0 Å². The van der Waals surface area contributed by atoms with Crippen molar-refractivity contribution >= 4 is 5.91 Å². The van der Waals surface area contributed by atoms with Crippen molar-refractivity contribution in [1.82, 2.24) is 5.34 Å². The number of hydrogen-bond donors (Lipinski definition) is 0. The van der Waals surface area contributed by atoms with Gasteiger partial charge < -0.3 is 0 Å². The molecular weight excluding hydrogens is 200 g/mol. The molecule has 0 aromatic heterocycles. The summed E-state index contributed by atoms with van der Waals surface area (Å²) in [6, 6.07) is 8.48. The van der Waals surface area contributed by atoms with Gasteiger partial charge in [0.1, 0.15) is 0 Å². The first kappa shape index (κ1) is 11.4. The van der Waals surface area contributed by atoms with E-state index >= 15 is 0 Å². The van der Waals surface area contributed by atoms with E-state index in [9.17, 15) is 13.8 Å². The van der Waals surface area contributed by atoms with Gasteiger partial charge in [-0.2, -0.15) is 0 Å². The predicted octanol–water partition coefficient (Wildman–Crippen LogP) is 2.94. The van der Waals surface area contributed by atoms with Crippen molar-refractivity contribution in [2.75, 3.05) is 0 Å². The quantitative estimate of drug-likeness (QED) is 0.554. The first-order valence-electron chi connectivity index (χ1n) is 4.48. The number of amides is 1. The maximum atomic E-state index is 12.1. The third-order valence-corrected chi connectivity index (χ3v) is 2.07. The Kier molecular flexibility index (Phi) is 3.97. The molecule has 2 nitrogen and oxygen atoms in total. The van der Waals surface area contributed by atoms with Gasteiger partial charge in [-0.15, -0.1) is 6.58 Å². The van der Waals surface area contributed by atoms with Crippen LogP contribution >= 0.6 is 0 Å². The second-order valence-electron chi connectivity index (χ2n) is 3.06. The fourth-order valence-electron chi connectivity index (χ4n) is 1.35. The number of nitrogens with zero attached hydrogens (tertiary/aromatic N) is 1. The van der Waals surface area contributed by atoms with Gasteiger partial charge in [0.15, 0.2) is 0 Å². The second kappa shape index (κ2) is 5.24. The molecule has 4 heteroatoms. The number of carbonyl (C=O) groups excluding carboxylic acids is 1. The fraction of sp³-hybridized carbons (Fsp3) is 0.182. The second-order valence-corrected chi connectivity index (χ2v) is 3.06. The van der Waals surface area contributed by atoms with Crippen molar-refractivity contribution < 1.29 is 13.8 Å². The third kappa shape index (κ3) is 2.87. The van der Waals surface area contributed by atoms with Crippen molar-refractivity contribution in [2.45, 2.75) is 12.3 Å². The third-order valence-electron chi connectivity index (χ3n) is 2.07. The zero-order valence-corrected chi connectivity index (χ0v) is 8.07. The molecule has 0 spiro atoms. The molecule has 0 fully saturated rings. The Morgan fingerprint density at radius 2 is 2.00 bits per heavy atom. The van der Waals surface area contributed by atoms with E-state index in [2.05, 4.69) is 6.58 Å². The van der Waals surface area contributed by atoms with E-state index in [0.717, 1.165) is 0 Å². The van der Waals surface area contributed by atoms with Gasteiger partial charge in [0.05, 0.1) is 5.92 Å². The van der Waals surface area contributed by atoms with E-state index in [0.29, 0.717) is 5.56 Å². The minimum atomic E-state index is -1.37. The molecule has 0 aliphatic rings. The highest BCUT2D eigenvalue weighted by atomic mass is 19.4. The van der Waals surface area contributed by atoms with E-state index in [-0.39, 0.29) is 6.42 Å². The van der Waals surface area contributed by atoms with Crippen LogP contribution in [0.25, 0.3) is 0 Å². The molecular formula is C11H11F2NO. The number of carbonyl (C=O) groups is 1. The summed E-state index contributed by atoms with van der Waals surface area (Å²) in [6.07, 6.45) is 1.66. The molecule has 1 unspecified atom stereocenters. The Bertz CT molecular complexity index is 338. The average Bonchev–Trinajstić information content (AvgIpc) is 2.26. The first-order chi connectivity index (χ1) is 7.16. The molecule has 1 rings (SSSR count). The van der Waals surface area contributed by atoms with Gasteiger partial charge in [0.2, 0.25) is 0 Å². The van der Waals surface area contributed by atoms with Crippen molar-refractivity contribution in [3.63, 3.8) is 0 Å². The minimum absolute atomic E-state index is 0.202. The van der Waals surface area contributed by atoms with E-state index in [4.69, 9.17) is 0 Å². The number of rotatable bonds is 4. The summed E-state index contributed by atoms with van der Waals surface area (Å²) >= 11 is 0. The summed E-state index contributed by atoms with van der Waals surface area (Å²) in [7, 11) is 0. The number of halogens is 2. The normalized spacial score (nSPS) is 11.9. The van der Waals surface area contributed by atoms with Crippen LogP contribution in [0.1, 0.15) is 17.9 Å². The Labute approximate surface area is 86.7 Å². The monoisotopic (exact) mass is 211 g/mol. The number of allylic oxidation sites excluding steroid dienone is 1. The highest BCUT2D eigenvalue weighted by Gasteiger charge is 2.25. The average molecular weight is 211 g/mol. The molecule has 0 aliphatic heterocycles. The summed E-state index contributed by atoms with van der Waals surface area (Å²) in [6.45, 7) is 3.45. The maximum Gasteiger partial charge on any atom is 0.291 e. The van der Waals surface area contributed by atoms with Gasteiger partial charge in [0, 0.05) is 0 Å². The van der Waals surface area contributed by atoms with E-state index in [1.54, 1.807) is 30.3 Å². The van der Waals surface area contributed by atoms with Crippen molar-refractivity contribution in [3.05, 3.63) is 48.6 Å². The van der Waals surface area contributed by atoms with Gasteiger partial charge in [-0.1, -0.05) is 45.4 Å². The Hall–Kier alpha value is -1.71. The smallest absolute Gasteiger partial charge is 0.269 e. The lowest BCUT2D eigenvalue weighted by Gasteiger charge is -2.13. The molecule has 0 radical (unpaired) electrons. The van der Waals surface area contributed by atoms with Crippen LogP contribution in [-0.2, 0) is 4.79 Å². The lowest BCUT2D eigenvalue weighted by molar-refractivity contribution is -0.189. The lowest BCUT2D eigenvalue weighted by atomic mass is 9.95. The molecule has 1 atom stereocenters. The summed E-state index contributed by atoms with van der Waals surface area (Å²) < 4.78 is 24.3. The number of benzene rings is 1. The van der Waals surface area contributed by atoms with Gasteiger partial charge in [0.25, 0.3) is 5.91 Å². The highest BCUT2D eigenvalue weighted by Crippen LogP contribution is 2.22. The Morgan fingerprint density at radius 1 is 1.40 bits per heavy atom. The van der Waals surface area contributed by atoms with Crippen molar-refractivity contribution in [2.24, 2.45) is 0 Å². The van der Waals surface area contributed by atoms with Crippen molar-refractivity contribution in [1.29, 1.82) is 0 Å². The van der Waals surface area contributed by atoms with Gasteiger partial charge >= 0.3 is 0 Å². The topological polar surface area (TPSA) is 20.3 Å². The zero-order valence-electron chi connectivity index (χ0n) is 8.07. The van der Waals surface area contributed by atoms with Crippen LogP contribution in [0.3, 0.4) is 0 Å². The van der Waals surface area contributed by atoms with Crippen LogP contribution < -0.4 is 0 Å². The summed E-state index contributed by atoms with van der Waals surface area (Å²) in [5, 5.41) is -1.37. The largest absolute Gasteiger partial charge is 0.291 e. The molecule has 0 heterocycles. The van der Waals surface area contributed by atoms with Crippen molar-refractivity contribution in [3.8, 4) is 0 Å². The van der Waals surface area contributed by atoms with Crippen LogP contribution in [-0.4, -0.2) is 11.3 Å². The standard InChI is InChI=1S/C11H11F2NO/c1-2-6-10(11(15)14(12)13)9-7-4-3-5-8-9/h2-5,7-8,10H,1,6H2. The van der Waals surface area contributed by atoms with E-state index < -0.39 is 17.2 Å². The molecule has 0 N–H and O–H groups in total. The number of hydrogen-bond acceptors (Lipinski definition) is 1. The fourth-order valence-corrected chi connectivity index (χ4v) is 1.35. The molecule has 1 aromatic rings.